The molecule has 0 saturated heterocycles. The Bertz CT molecular complexity index is 933. The van der Waals surface area contributed by atoms with Crippen LogP contribution in [0.4, 0.5) is 5.00 Å². The number of methoxy groups -OCH3 is 1. The number of ether oxygens (including phenoxy) is 2. The van der Waals surface area contributed by atoms with Crippen molar-refractivity contribution in [1.82, 2.24) is 0 Å². The maximum Gasteiger partial charge on any atom is 0.341 e. The number of esters is 1. The molecule has 1 amide bonds. The van der Waals surface area contributed by atoms with Crippen molar-refractivity contribution in [2.24, 2.45) is 0 Å². The second kappa shape index (κ2) is 8.57. The molecule has 2 aromatic rings. The van der Waals surface area contributed by atoms with Crippen molar-refractivity contribution in [3.63, 3.8) is 0 Å². The van der Waals surface area contributed by atoms with Crippen LogP contribution in [0.3, 0.4) is 0 Å². The number of thiophene rings is 1. The smallest absolute Gasteiger partial charge is 0.341 e. The third-order valence-corrected chi connectivity index (χ3v) is 7.03. The molecule has 0 bridgehead atoms. The predicted molar refractivity (Wildman–Crippen MR) is 114 cm³/mol. The third-order valence-electron chi connectivity index (χ3n) is 5.82. The topological polar surface area (TPSA) is 64.6 Å². The third kappa shape index (κ3) is 4.04. The molecule has 29 heavy (non-hydrogen) atoms. The first-order chi connectivity index (χ1) is 14.1. The van der Waals surface area contributed by atoms with Crippen LogP contribution in [-0.4, -0.2) is 25.1 Å². The molecule has 4 rings (SSSR count). The van der Waals surface area contributed by atoms with E-state index in [4.69, 9.17) is 9.47 Å². The Labute approximate surface area is 175 Å². The molecule has 1 aromatic heterocycles. The van der Waals surface area contributed by atoms with Gasteiger partial charge in [0.05, 0.1) is 12.7 Å². The largest absolute Gasteiger partial charge is 0.481 e. The fourth-order valence-corrected chi connectivity index (χ4v) is 5.57. The average molecular weight is 414 g/mol. The number of hydrogen-bond donors (Lipinski definition) is 1. The summed E-state index contributed by atoms with van der Waals surface area (Å²) < 4.78 is 11.0. The molecule has 5 nitrogen and oxygen atoms in total. The minimum atomic E-state index is -0.659. The zero-order valence-electron chi connectivity index (χ0n) is 17.0. The summed E-state index contributed by atoms with van der Waals surface area (Å²) in [4.78, 5) is 26.4. The van der Waals surface area contributed by atoms with Crippen molar-refractivity contribution in [1.29, 1.82) is 0 Å². The molecule has 0 saturated carbocycles. The summed E-state index contributed by atoms with van der Waals surface area (Å²) in [5.41, 5.74) is 4.10. The molecular formula is C23H27NO4S. The van der Waals surface area contributed by atoms with Gasteiger partial charge in [-0.1, -0.05) is 12.1 Å². The first kappa shape index (κ1) is 20.0. The van der Waals surface area contributed by atoms with Crippen molar-refractivity contribution < 1.29 is 19.1 Å². The number of anilines is 1. The number of benzene rings is 1. The second-order valence-electron chi connectivity index (χ2n) is 7.76. The van der Waals surface area contributed by atoms with E-state index in [1.807, 2.05) is 12.1 Å². The number of aryl methyl sites for hydroxylation is 2. The van der Waals surface area contributed by atoms with Gasteiger partial charge in [0.25, 0.3) is 5.91 Å². The van der Waals surface area contributed by atoms with E-state index < -0.39 is 6.10 Å². The Morgan fingerprint density at radius 2 is 1.76 bits per heavy atom. The van der Waals surface area contributed by atoms with Crippen molar-refractivity contribution in [2.75, 3.05) is 12.4 Å². The van der Waals surface area contributed by atoms with Crippen molar-refractivity contribution >= 4 is 28.2 Å². The second-order valence-corrected chi connectivity index (χ2v) is 8.86. The van der Waals surface area contributed by atoms with Gasteiger partial charge in [-0.2, -0.15) is 0 Å². The van der Waals surface area contributed by atoms with Crippen molar-refractivity contribution in [2.45, 2.75) is 64.4 Å². The number of nitrogens with one attached hydrogen (secondary N) is 1. The van der Waals surface area contributed by atoms with Gasteiger partial charge in [0.15, 0.2) is 6.10 Å². The molecule has 1 atom stereocenters. The molecule has 1 N–H and O–H groups in total. The first-order valence-electron chi connectivity index (χ1n) is 10.4. The van der Waals surface area contributed by atoms with Crippen molar-refractivity contribution in [3.8, 4) is 5.75 Å². The molecule has 1 aromatic carbocycles. The summed E-state index contributed by atoms with van der Waals surface area (Å²) in [7, 11) is 1.38. The van der Waals surface area contributed by atoms with Gasteiger partial charge < -0.3 is 14.8 Å². The van der Waals surface area contributed by atoms with E-state index in [1.54, 1.807) is 6.92 Å². The lowest BCUT2D eigenvalue weighted by molar-refractivity contribution is -0.122. The maximum atomic E-state index is 12.9. The first-order valence-corrected chi connectivity index (χ1v) is 11.2. The Morgan fingerprint density at radius 1 is 1.03 bits per heavy atom. The van der Waals surface area contributed by atoms with Crippen LogP contribution in [0, 0.1) is 0 Å². The van der Waals surface area contributed by atoms with Gasteiger partial charge in [0.2, 0.25) is 0 Å². The fourth-order valence-electron chi connectivity index (χ4n) is 4.29. The lowest BCUT2D eigenvalue weighted by Crippen LogP contribution is -2.31. The number of carbonyl (C=O) groups is 2. The SMILES string of the molecule is COC(=O)c1c(NC(=O)[C@H](C)Oc2cccc3c2CCCC3)sc2c1CCCC2. The van der Waals surface area contributed by atoms with Gasteiger partial charge in [-0.15, -0.1) is 11.3 Å². The minimum absolute atomic E-state index is 0.248. The molecule has 0 fully saturated rings. The Morgan fingerprint density at radius 3 is 2.55 bits per heavy atom. The maximum absolute atomic E-state index is 12.9. The summed E-state index contributed by atoms with van der Waals surface area (Å²) in [6.45, 7) is 1.75. The summed E-state index contributed by atoms with van der Waals surface area (Å²) in [6.07, 6.45) is 7.72. The van der Waals surface area contributed by atoms with Gasteiger partial charge in [0.1, 0.15) is 10.8 Å². The number of fused-ring (bicyclic) bond motifs is 2. The molecule has 2 aliphatic rings. The van der Waals surface area contributed by atoms with E-state index >= 15 is 0 Å². The Kier molecular flexibility index (Phi) is 5.90. The highest BCUT2D eigenvalue weighted by atomic mass is 32.1. The van der Waals surface area contributed by atoms with Crippen LogP contribution in [0.25, 0.3) is 0 Å². The molecule has 6 heteroatoms. The normalized spacial score (nSPS) is 16.3. The van der Waals surface area contributed by atoms with Crippen LogP contribution in [0.15, 0.2) is 18.2 Å². The van der Waals surface area contributed by atoms with E-state index in [2.05, 4.69) is 11.4 Å². The standard InChI is InChI=1S/C23H27NO4S/c1-14(28-18-12-7-9-15-8-3-4-10-16(15)18)21(25)24-22-20(23(26)27-2)17-11-5-6-13-19(17)29-22/h7,9,12,14H,3-6,8,10-11,13H2,1-2H3,(H,24,25)/t14-/m0/s1. The van der Waals surface area contributed by atoms with Crippen LogP contribution in [-0.2, 0) is 35.2 Å². The van der Waals surface area contributed by atoms with Crippen LogP contribution in [0.1, 0.15) is 64.5 Å². The van der Waals surface area contributed by atoms with Crippen LogP contribution in [0.5, 0.6) is 5.75 Å². The van der Waals surface area contributed by atoms with E-state index in [1.165, 1.54) is 40.9 Å². The van der Waals surface area contributed by atoms with Crippen molar-refractivity contribution in [3.05, 3.63) is 45.3 Å². The number of rotatable bonds is 5. The zero-order valence-corrected chi connectivity index (χ0v) is 17.8. The molecule has 154 valence electrons. The lowest BCUT2D eigenvalue weighted by atomic mass is 9.91. The number of amides is 1. The summed E-state index contributed by atoms with van der Waals surface area (Å²) in [6, 6.07) is 6.08. The van der Waals surface area contributed by atoms with E-state index in [-0.39, 0.29) is 11.9 Å². The predicted octanol–water partition coefficient (Wildman–Crippen LogP) is 4.70. The summed E-state index contributed by atoms with van der Waals surface area (Å²) >= 11 is 1.49. The molecule has 0 unspecified atom stereocenters. The quantitative estimate of drug-likeness (QED) is 0.722. The van der Waals surface area contributed by atoms with Gasteiger partial charge >= 0.3 is 5.97 Å². The highest BCUT2D eigenvalue weighted by Gasteiger charge is 2.28. The molecule has 0 aliphatic heterocycles. The molecule has 2 aliphatic carbocycles. The highest BCUT2D eigenvalue weighted by Crippen LogP contribution is 2.38. The molecular weight excluding hydrogens is 386 g/mol. The number of hydrogen-bond acceptors (Lipinski definition) is 5. The summed E-state index contributed by atoms with van der Waals surface area (Å²) in [5, 5.41) is 3.52. The van der Waals surface area contributed by atoms with Crippen LogP contribution in [0.2, 0.25) is 0 Å². The molecule has 1 heterocycles. The number of carbonyl (C=O) groups excluding carboxylic acids is 2. The van der Waals surface area contributed by atoms with Crippen LogP contribution < -0.4 is 10.1 Å². The monoisotopic (exact) mass is 413 g/mol. The summed E-state index contributed by atoms with van der Waals surface area (Å²) in [5.74, 6) is 0.163. The zero-order chi connectivity index (χ0) is 20.4. The minimum Gasteiger partial charge on any atom is -0.481 e. The van der Waals surface area contributed by atoms with E-state index in [0.717, 1.165) is 56.3 Å². The average Bonchev–Trinajstić information content (AvgIpc) is 3.11. The van der Waals surface area contributed by atoms with E-state index in [9.17, 15) is 9.59 Å². The highest BCUT2D eigenvalue weighted by molar-refractivity contribution is 7.17. The Hall–Kier alpha value is -2.34. The lowest BCUT2D eigenvalue weighted by Gasteiger charge is -2.22. The fraction of sp³-hybridized carbons (Fsp3) is 0.478. The van der Waals surface area contributed by atoms with Gasteiger partial charge in [-0.25, -0.2) is 4.79 Å². The Balaban J connectivity index is 1.53. The van der Waals surface area contributed by atoms with Gasteiger partial charge in [-0.05, 0) is 81.0 Å². The van der Waals surface area contributed by atoms with Gasteiger partial charge in [-0.3, -0.25) is 4.79 Å². The van der Waals surface area contributed by atoms with Crippen LogP contribution >= 0.6 is 11.3 Å². The molecule has 0 radical (unpaired) electrons. The van der Waals surface area contributed by atoms with E-state index in [0.29, 0.717) is 10.6 Å². The van der Waals surface area contributed by atoms with Gasteiger partial charge in [0, 0.05) is 4.88 Å². The molecule has 0 spiro atoms.